The second-order valence-electron chi connectivity index (χ2n) is 5.62. The molecule has 0 amide bonds. The smallest absolute Gasteiger partial charge is 0.332 e. The molecule has 2 fully saturated rings. The largest absolute Gasteiger partial charge is 0.479 e. The van der Waals surface area contributed by atoms with E-state index in [1.807, 2.05) is 6.92 Å². The van der Waals surface area contributed by atoms with Crippen LogP contribution in [0.4, 0.5) is 0 Å². The van der Waals surface area contributed by atoms with E-state index < -0.39 is 23.8 Å². The minimum absolute atomic E-state index is 0.361. The fourth-order valence-corrected chi connectivity index (χ4v) is 3.21. The van der Waals surface area contributed by atoms with Crippen LogP contribution in [-0.4, -0.2) is 33.9 Å². The highest BCUT2D eigenvalue weighted by atomic mass is 16.6. The molecule has 7 nitrogen and oxygen atoms in total. The van der Waals surface area contributed by atoms with Crippen LogP contribution in [-0.2, 0) is 19.9 Å². The molecule has 0 bridgehead atoms. The maximum atomic E-state index is 10.9. The van der Waals surface area contributed by atoms with Gasteiger partial charge in [-0.2, -0.15) is 4.98 Å². The van der Waals surface area contributed by atoms with E-state index in [-0.39, 0.29) is 0 Å². The zero-order valence-corrected chi connectivity index (χ0v) is 12.1. The molecule has 1 N–H and O–H groups in total. The van der Waals surface area contributed by atoms with Crippen LogP contribution in [0.3, 0.4) is 0 Å². The molecule has 2 atom stereocenters. The molecule has 2 heterocycles. The maximum Gasteiger partial charge on any atom is 0.332 e. The zero-order chi connectivity index (χ0) is 14.9. The van der Waals surface area contributed by atoms with Crippen molar-refractivity contribution in [1.82, 2.24) is 10.1 Å². The summed E-state index contributed by atoms with van der Waals surface area (Å²) in [5.74, 6) is -0.0160. The van der Waals surface area contributed by atoms with Crippen LogP contribution < -0.4 is 0 Å². The fourth-order valence-electron chi connectivity index (χ4n) is 3.21. The van der Waals surface area contributed by atoms with Crippen LogP contribution in [0.25, 0.3) is 0 Å². The lowest BCUT2D eigenvalue weighted by Crippen LogP contribution is -2.27. The summed E-state index contributed by atoms with van der Waals surface area (Å²) in [5, 5.41) is 13.0. The minimum atomic E-state index is -0.946. The van der Waals surface area contributed by atoms with E-state index in [9.17, 15) is 4.79 Å². The average Bonchev–Trinajstić information content (AvgIpc) is 3.19. The topological polar surface area (TPSA) is 94.7 Å². The van der Waals surface area contributed by atoms with Crippen LogP contribution in [0.1, 0.15) is 63.3 Å². The molecule has 1 aliphatic heterocycles. The Morgan fingerprint density at radius 2 is 2.19 bits per heavy atom. The van der Waals surface area contributed by atoms with Gasteiger partial charge in [-0.3, -0.25) is 0 Å². The van der Waals surface area contributed by atoms with Crippen LogP contribution in [0.15, 0.2) is 4.52 Å². The number of carboxylic acid groups (broad SMARTS) is 1. The second kappa shape index (κ2) is 5.73. The Kier molecular flexibility index (Phi) is 3.95. The van der Waals surface area contributed by atoms with E-state index >= 15 is 0 Å². The van der Waals surface area contributed by atoms with E-state index in [0.717, 1.165) is 25.7 Å². The summed E-state index contributed by atoms with van der Waals surface area (Å²) in [5.41, 5.74) is -0.443. The quantitative estimate of drug-likeness (QED) is 0.889. The molecule has 0 radical (unpaired) electrons. The van der Waals surface area contributed by atoms with Crippen molar-refractivity contribution in [2.45, 2.75) is 63.3 Å². The molecule has 1 aliphatic carbocycles. The summed E-state index contributed by atoms with van der Waals surface area (Å²) >= 11 is 0. The van der Waals surface area contributed by atoms with Crippen LogP contribution in [0, 0.1) is 0 Å². The zero-order valence-electron chi connectivity index (χ0n) is 12.1. The van der Waals surface area contributed by atoms with Crippen molar-refractivity contribution < 1.29 is 23.9 Å². The van der Waals surface area contributed by atoms with Gasteiger partial charge in [-0.15, -0.1) is 0 Å². The van der Waals surface area contributed by atoms with E-state index in [1.54, 1.807) is 0 Å². The van der Waals surface area contributed by atoms with Gasteiger partial charge in [-0.1, -0.05) is 5.16 Å². The summed E-state index contributed by atoms with van der Waals surface area (Å²) in [4.78, 5) is 15.4. The second-order valence-corrected chi connectivity index (χ2v) is 5.62. The lowest BCUT2D eigenvalue weighted by molar-refractivity contribution is -0.150. The van der Waals surface area contributed by atoms with Crippen molar-refractivity contribution >= 4 is 5.97 Å². The standard InChI is InChI=1S/C14H20N2O5/c1-2-19-14(7-3-4-8-14)13-15-11(21-16-13)9-5-6-10(20-9)12(17)18/h9-10H,2-8H2,1H3,(H,17,18). The Balaban J connectivity index is 1.76. The number of carboxylic acids is 1. The van der Waals surface area contributed by atoms with Crippen molar-refractivity contribution in [2.24, 2.45) is 0 Å². The summed E-state index contributed by atoms with van der Waals surface area (Å²) in [6.45, 7) is 2.56. The summed E-state index contributed by atoms with van der Waals surface area (Å²) in [6.07, 6.45) is 3.81. The number of hydrogen-bond acceptors (Lipinski definition) is 6. The SMILES string of the molecule is CCOC1(c2noc(C3CCC(C(=O)O)O3)n2)CCCC1. The van der Waals surface area contributed by atoms with Gasteiger partial charge >= 0.3 is 5.97 Å². The highest BCUT2D eigenvalue weighted by Crippen LogP contribution is 2.41. The molecule has 21 heavy (non-hydrogen) atoms. The van der Waals surface area contributed by atoms with Crippen molar-refractivity contribution in [3.05, 3.63) is 11.7 Å². The molecule has 0 spiro atoms. The average molecular weight is 296 g/mol. The summed E-state index contributed by atoms with van der Waals surface area (Å²) in [6, 6.07) is 0. The molecule has 3 rings (SSSR count). The Hall–Kier alpha value is -1.47. The van der Waals surface area contributed by atoms with E-state index in [2.05, 4.69) is 10.1 Å². The fraction of sp³-hybridized carbons (Fsp3) is 0.786. The van der Waals surface area contributed by atoms with Gasteiger partial charge in [0.25, 0.3) is 5.89 Å². The normalized spacial score (nSPS) is 28.0. The van der Waals surface area contributed by atoms with Crippen LogP contribution in [0.2, 0.25) is 0 Å². The first-order chi connectivity index (χ1) is 10.1. The van der Waals surface area contributed by atoms with Crippen molar-refractivity contribution in [3.63, 3.8) is 0 Å². The Morgan fingerprint density at radius 3 is 2.81 bits per heavy atom. The first-order valence-electron chi connectivity index (χ1n) is 7.51. The lowest BCUT2D eigenvalue weighted by atomic mass is 10.0. The van der Waals surface area contributed by atoms with Gasteiger partial charge in [0.2, 0.25) is 5.82 Å². The predicted molar refractivity (Wildman–Crippen MR) is 70.6 cm³/mol. The number of ether oxygens (including phenoxy) is 2. The third kappa shape index (κ3) is 2.67. The first-order valence-corrected chi connectivity index (χ1v) is 7.51. The van der Waals surface area contributed by atoms with Crippen molar-refractivity contribution in [2.75, 3.05) is 6.61 Å². The Bertz CT molecular complexity index is 509. The first kappa shape index (κ1) is 14.5. The Morgan fingerprint density at radius 1 is 1.43 bits per heavy atom. The van der Waals surface area contributed by atoms with E-state index in [0.29, 0.717) is 31.2 Å². The summed E-state index contributed by atoms with van der Waals surface area (Å²) in [7, 11) is 0. The minimum Gasteiger partial charge on any atom is -0.479 e. The lowest BCUT2D eigenvalue weighted by Gasteiger charge is -2.24. The van der Waals surface area contributed by atoms with Gasteiger partial charge in [0.05, 0.1) is 0 Å². The third-order valence-electron chi connectivity index (χ3n) is 4.25. The van der Waals surface area contributed by atoms with Gasteiger partial charge in [0, 0.05) is 6.61 Å². The molecule has 7 heteroatoms. The van der Waals surface area contributed by atoms with Gasteiger partial charge in [-0.25, -0.2) is 4.79 Å². The van der Waals surface area contributed by atoms with Crippen molar-refractivity contribution in [1.29, 1.82) is 0 Å². The molecular weight excluding hydrogens is 276 g/mol. The molecule has 2 aliphatic rings. The molecule has 1 saturated carbocycles. The van der Waals surface area contributed by atoms with Crippen LogP contribution >= 0.6 is 0 Å². The van der Waals surface area contributed by atoms with Gasteiger partial charge in [0.15, 0.2) is 6.10 Å². The van der Waals surface area contributed by atoms with Gasteiger partial charge < -0.3 is 19.1 Å². The molecule has 1 aromatic rings. The maximum absolute atomic E-state index is 10.9. The predicted octanol–water partition coefficient (Wildman–Crippen LogP) is 2.18. The monoisotopic (exact) mass is 296 g/mol. The highest BCUT2D eigenvalue weighted by molar-refractivity contribution is 5.72. The van der Waals surface area contributed by atoms with Gasteiger partial charge in [-0.05, 0) is 45.4 Å². The molecule has 0 aromatic carbocycles. The van der Waals surface area contributed by atoms with E-state index in [4.69, 9.17) is 19.1 Å². The molecule has 1 saturated heterocycles. The van der Waals surface area contributed by atoms with Crippen LogP contribution in [0.5, 0.6) is 0 Å². The van der Waals surface area contributed by atoms with E-state index in [1.165, 1.54) is 0 Å². The Labute approximate surface area is 122 Å². The number of nitrogens with zero attached hydrogens (tertiary/aromatic N) is 2. The number of rotatable bonds is 5. The van der Waals surface area contributed by atoms with Gasteiger partial charge in [0.1, 0.15) is 11.7 Å². The number of hydrogen-bond donors (Lipinski definition) is 1. The number of aliphatic carboxylic acids is 1. The summed E-state index contributed by atoms with van der Waals surface area (Å²) < 4.78 is 16.6. The highest BCUT2D eigenvalue weighted by Gasteiger charge is 2.42. The molecule has 1 aromatic heterocycles. The van der Waals surface area contributed by atoms with Crippen molar-refractivity contribution in [3.8, 4) is 0 Å². The molecule has 116 valence electrons. The molecular formula is C14H20N2O5. The number of carbonyl (C=O) groups is 1. The molecule has 2 unspecified atom stereocenters. The number of aromatic nitrogens is 2. The third-order valence-corrected chi connectivity index (χ3v) is 4.25.